The van der Waals surface area contributed by atoms with E-state index in [1.54, 1.807) is 23.7 Å². The molecule has 118 valence electrons. The number of nitrogens with zero attached hydrogens (tertiary/aromatic N) is 3. The van der Waals surface area contributed by atoms with Crippen LogP contribution in [0.4, 0.5) is 11.6 Å². The number of hydrogen-bond acceptors (Lipinski definition) is 6. The standard InChI is InChI=1S/C18H14N4OS/c1-12-5-7-19-17(9-12)22-16-4-2-3-14(21-16)15-10-20-18(23-15)13-6-8-24-11-13/h2-11H,1H3,(H,19,21,22). The maximum atomic E-state index is 5.83. The van der Waals surface area contributed by atoms with Crippen molar-refractivity contribution in [2.75, 3.05) is 5.32 Å². The van der Waals surface area contributed by atoms with Crippen LogP contribution in [0.1, 0.15) is 5.56 Å². The van der Waals surface area contributed by atoms with Crippen LogP contribution in [0.25, 0.3) is 22.9 Å². The first-order valence-electron chi connectivity index (χ1n) is 7.43. The van der Waals surface area contributed by atoms with Gasteiger partial charge in [-0.3, -0.25) is 0 Å². The lowest BCUT2D eigenvalue weighted by atomic mass is 10.3. The molecule has 4 heterocycles. The van der Waals surface area contributed by atoms with Gasteiger partial charge < -0.3 is 9.73 Å². The summed E-state index contributed by atoms with van der Waals surface area (Å²) in [5, 5.41) is 7.21. The summed E-state index contributed by atoms with van der Waals surface area (Å²) >= 11 is 1.61. The minimum Gasteiger partial charge on any atom is -0.434 e. The van der Waals surface area contributed by atoms with Crippen molar-refractivity contribution in [2.45, 2.75) is 6.92 Å². The van der Waals surface area contributed by atoms with Gasteiger partial charge >= 0.3 is 0 Å². The molecule has 0 bridgehead atoms. The van der Waals surface area contributed by atoms with E-state index in [9.17, 15) is 0 Å². The van der Waals surface area contributed by atoms with Gasteiger partial charge in [-0.25, -0.2) is 15.0 Å². The Morgan fingerprint density at radius 1 is 1.08 bits per heavy atom. The summed E-state index contributed by atoms with van der Waals surface area (Å²) in [6, 6.07) is 11.6. The van der Waals surface area contributed by atoms with Crippen LogP contribution in [0, 0.1) is 6.92 Å². The summed E-state index contributed by atoms with van der Waals surface area (Å²) in [6.45, 7) is 2.02. The highest BCUT2D eigenvalue weighted by Gasteiger charge is 2.10. The zero-order chi connectivity index (χ0) is 16.4. The zero-order valence-electron chi connectivity index (χ0n) is 12.9. The predicted octanol–water partition coefficient (Wildman–Crippen LogP) is 4.91. The Labute approximate surface area is 143 Å². The summed E-state index contributed by atoms with van der Waals surface area (Å²) in [7, 11) is 0. The van der Waals surface area contributed by atoms with E-state index in [4.69, 9.17) is 4.42 Å². The van der Waals surface area contributed by atoms with Gasteiger partial charge in [-0.1, -0.05) is 6.07 Å². The fourth-order valence-electron chi connectivity index (χ4n) is 2.29. The molecule has 4 aromatic rings. The molecule has 1 N–H and O–H groups in total. The van der Waals surface area contributed by atoms with Gasteiger partial charge in [0.05, 0.1) is 6.20 Å². The molecule has 0 unspecified atom stereocenters. The zero-order valence-corrected chi connectivity index (χ0v) is 13.7. The first-order valence-corrected chi connectivity index (χ1v) is 8.38. The number of rotatable bonds is 4. The average molecular weight is 334 g/mol. The van der Waals surface area contributed by atoms with E-state index in [0.717, 1.165) is 22.6 Å². The van der Waals surface area contributed by atoms with Crippen molar-refractivity contribution in [1.82, 2.24) is 15.0 Å². The quantitative estimate of drug-likeness (QED) is 0.574. The van der Waals surface area contributed by atoms with Crippen LogP contribution >= 0.6 is 11.3 Å². The molecular formula is C18H14N4OS. The van der Waals surface area contributed by atoms with Gasteiger partial charge in [0.25, 0.3) is 0 Å². The monoisotopic (exact) mass is 334 g/mol. The molecular weight excluding hydrogens is 320 g/mol. The molecule has 0 amide bonds. The first-order chi connectivity index (χ1) is 11.8. The molecule has 0 saturated heterocycles. The molecule has 24 heavy (non-hydrogen) atoms. The second-order valence-corrected chi connectivity index (χ2v) is 6.07. The molecule has 4 rings (SSSR count). The second kappa shape index (κ2) is 6.25. The number of aromatic nitrogens is 3. The number of nitrogens with one attached hydrogen (secondary N) is 1. The van der Waals surface area contributed by atoms with Gasteiger partial charge in [-0.05, 0) is 48.2 Å². The predicted molar refractivity (Wildman–Crippen MR) is 95.3 cm³/mol. The van der Waals surface area contributed by atoms with Crippen molar-refractivity contribution in [3.8, 4) is 22.9 Å². The Bertz CT molecular complexity index is 963. The largest absolute Gasteiger partial charge is 0.434 e. The van der Waals surface area contributed by atoms with E-state index in [1.807, 2.05) is 54.1 Å². The smallest absolute Gasteiger partial charge is 0.227 e. The maximum absolute atomic E-state index is 5.83. The Morgan fingerprint density at radius 2 is 2.04 bits per heavy atom. The summed E-state index contributed by atoms with van der Waals surface area (Å²) in [4.78, 5) is 13.2. The summed E-state index contributed by atoms with van der Waals surface area (Å²) in [6.07, 6.45) is 3.47. The lowest BCUT2D eigenvalue weighted by Crippen LogP contribution is -1.96. The van der Waals surface area contributed by atoms with Gasteiger partial charge in [-0.15, -0.1) is 0 Å². The molecule has 5 nitrogen and oxygen atoms in total. The van der Waals surface area contributed by atoms with E-state index in [-0.39, 0.29) is 0 Å². The Hall–Kier alpha value is -2.99. The van der Waals surface area contributed by atoms with Crippen molar-refractivity contribution in [3.05, 3.63) is 65.1 Å². The highest BCUT2D eigenvalue weighted by atomic mass is 32.1. The lowest BCUT2D eigenvalue weighted by molar-refractivity contribution is 0.587. The molecule has 0 radical (unpaired) electrons. The molecule has 4 aromatic heterocycles. The summed E-state index contributed by atoms with van der Waals surface area (Å²) in [5.74, 6) is 2.71. The molecule has 6 heteroatoms. The average Bonchev–Trinajstić information content (AvgIpc) is 3.27. The third kappa shape index (κ3) is 3.04. The Balaban J connectivity index is 1.61. The molecule has 0 aliphatic heterocycles. The van der Waals surface area contributed by atoms with Gasteiger partial charge in [0.2, 0.25) is 5.89 Å². The van der Waals surface area contributed by atoms with Crippen molar-refractivity contribution in [1.29, 1.82) is 0 Å². The van der Waals surface area contributed by atoms with Crippen molar-refractivity contribution >= 4 is 23.0 Å². The van der Waals surface area contributed by atoms with Crippen LogP contribution in [-0.4, -0.2) is 15.0 Å². The number of pyridine rings is 2. The number of anilines is 2. The van der Waals surface area contributed by atoms with Gasteiger partial charge in [-0.2, -0.15) is 11.3 Å². The first kappa shape index (κ1) is 14.6. The molecule has 0 spiro atoms. The summed E-state index contributed by atoms with van der Waals surface area (Å²) in [5.41, 5.74) is 2.84. The third-order valence-electron chi connectivity index (χ3n) is 3.45. The van der Waals surface area contributed by atoms with E-state index in [0.29, 0.717) is 17.5 Å². The maximum Gasteiger partial charge on any atom is 0.227 e. The topological polar surface area (TPSA) is 63.8 Å². The number of aryl methyl sites for hydroxylation is 1. The minimum absolute atomic E-state index is 0.603. The van der Waals surface area contributed by atoms with E-state index in [1.165, 1.54) is 0 Å². The van der Waals surface area contributed by atoms with Crippen LogP contribution in [0.2, 0.25) is 0 Å². The lowest BCUT2D eigenvalue weighted by Gasteiger charge is -2.06. The number of hydrogen-bond donors (Lipinski definition) is 1. The van der Waals surface area contributed by atoms with Crippen LogP contribution < -0.4 is 5.32 Å². The highest BCUT2D eigenvalue weighted by molar-refractivity contribution is 7.08. The van der Waals surface area contributed by atoms with Crippen molar-refractivity contribution in [3.63, 3.8) is 0 Å². The molecule has 0 aliphatic carbocycles. The fourth-order valence-corrected chi connectivity index (χ4v) is 2.92. The van der Waals surface area contributed by atoms with Crippen LogP contribution in [-0.2, 0) is 0 Å². The van der Waals surface area contributed by atoms with Gasteiger partial charge in [0.15, 0.2) is 5.76 Å². The van der Waals surface area contributed by atoms with Crippen molar-refractivity contribution < 1.29 is 4.42 Å². The van der Waals surface area contributed by atoms with Crippen molar-refractivity contribution in [2.24, 2.45) is 0 Å². The Morgan fingerprint density at radius 3 is 2.88 bits per heavy atom. The van der Waals surface area contributed by atoms with E-state index < -0.39 is 0 Å². The van der Waals surface area contributed by atoms with Gasteiger partial charge in [0, 0.05) is 17.1 Å². The normalized spacial score (nSPS) is 10.7. The molecule has 0 aromatic carbocycles. The SMILES string of the molecule is Cc1ccnc(Nc2cccc(-c3cnc(-c4ccsc4)o3)n2)c1. The molecule has 0 aliphatic rings. The van der Waals surface area contributed by atoms with Gasteiger partial charge in [0.1, 0.15) is 17.3 Å². The number of oxazole rings is 1. The van der Waals surface area contributed by atoms with Crippen LogP contribution in [0.3, 0.4) is 0 Å². The molecule has 0 saturated carbocycles. The molecule has 0 fully saturated rings. The van der Waals surface area contributed by atoms with Crippen LogP contribution in [0.5, 0.6) is 0 Å². The van der Waals surface area contributed by atoms with Crippen LogP contribution in [0.15, 0.2) is 64.0 Å². The van der Waals surface area contributed by atoms with E-state index in [2.05, 4.69) is 20.3 Å². The molecule has 0 atom stereocenters. The Kier molecular flexibility index (Phi) is 3.80. The van der Waals surface area contributed by atoms with E-state index >= 15 is 0 Å². The number of thiophene rings is 1. The second-order valence-electron chi connectivity index (χ2n) is 5.29. The minimum atomic E-state index is 0.603. The fraction of sp³-hybridized carbons (Fsp3) is 0.0556. The third-order valence-corrected chi connectivity index (χ3v) is 4.13. The summed E-state index contributed by atoms with van der Waals surface area (Å²) < 4.78 is 5.83. The highest BCUT2D eigenvalue weighted by Crippen LogP contribution is 2.27.